The first-order valence-corrected chi connectivity index (χ1v) is 27.8. The van der Waals surface area contributed by atoms with Crippen LogP contribution >= 0.6 is 6.72 Å². The molecule has 4 N–H and O–H groups in total. The molecule has 0 fully saturated rings. The first kappa shape index (κ1) is 53.8. The van der Waals surface area contributed by atoms with Gasteiger partial charge >= 0.3 is 6.72 Å². The third kappa shape index (κ3) is 14.1. The van der Waals surface area contributed by atoms with E-state index in [0.717, 1.165) is 117 Å². The lowest BCUT2D eigenvalue weighted by Crippen LogP contribution is -2.34. The van der Waals surface area contributed by atoms with E-state index in [1.54, 1.807) is 48.0 Å². The van der Waals surface area contributed by atoms with Crippen molar-refractivity contribution in [2.24, 2.45) is 10.2 Å². The summed E-state index contributed by atoms with van der Waals surface area (Å²) in [6.45, 7) is 0.771. The largest absolute Gasteiger partial charge is 0.504 e. The molecule has 2 aliphatic rings. The number of carbonyl (C=O) groups is 3. The van der Waals surface area contributed by atoms with Crippen LogP contribution in [0.2, 0.25) is 0 Å². The molecule has 5 aromatic rings. The van der Waals surface area contributed by atoms with Gasteiger partial charge in [0, 0.05) is 61.3 Å². The Morgan fingerprint density at radius 3 is 2.28 bits per heavy atom. The van der Waals surface area contributed by atoms with Gasteiger partial charge in [0.15, 0.2) is 16.8 Å². The Morgan fingerprint density at radius 1 is 0.833 bits per heavy atom. The van der Waals surface area contributed by atoms with Crippen molar-refractivity contribution < 1.29 is 43.0 Å². The van der Waals surface area contributed by atoms with Crippen LogP contribution in [-0.4, -0.2) is 77.1 Å². The molecule has 3 amide bonds. The fourth-order valence-corrected chi connectivity index (χ4v) is 10.5. The molecule has 382 valence electrons. The van der Waals surface area contributed by atoms with Crippen LogP contribution in [0.5, 0.6) is 11.5 Å². The number of nitrogens with zero attached hydrogens (tertiary/aromatic N) is 4. The van der Waals surface area contributed by atoms with Gasteiger partial charge < -0.3 is 43.7 Å². The number of rotatable bonds is 26. The number of anilines is 1. The fraction of sp³-hybridized carbons (Fsp3) is 0.418. The number of phenols is 2. The molecule has 0 saturated carbocycles. The highest BCUT2D eigenvalue weighted by Crippen LogP contribution is 2.46. The Bertz CT molecular complexity index is 2870. The first-order chi connectivity index (χ1) is 34.8. The Labute approximate surface area is 426 Å². The monoisotopic (exact) mass is 1020 g/mol. The van der Waals surface area contributed by atoms with Crippen molar-refractivity contribution in [2.75, 3.05) is 38.3 Å². The topological polar surface area (TPSA) is 204 Å². The summed E-state index contributed by atoms with van der Waals surface area (Å²) in [6.07, 6.45) is 12.8. The molecule has 2 aliphatic heterocycles. The van der Waals surface area contributed by atoms with Gasteiger partial charge in [0.25, 0.3) is 5.91 Å². The Morgan fingerprint density at radius 2 is 1.51 bits per heavy atom. The average molecular weight is 1020 g/mol. The lowest BCUT2D eigenvalue weighted by atomic mass is 9.87. The number of amides is 3. The van der Waals surface area contributed by atoms with E-state index >= 15 is 0 Å². The van der Waals surface area contributed by atoms with Crippen LogP contribution in [0, 0.1) is 0 Å². The minimum absolute atomic E-state index is 0.0700. The molecule has 0 bridgehead atoms. The predicted molar refractivity (Wildman–Crippen MR) is 284 cm³/mol. The van der Waals surface area contributed by atoms with Gasteiger partial charge in [0.2, 0.25) is 17.6 Å². The average Bonchev–Trinajstić information content (AvgIpc) is 3.79. The summed E-state index contributed by atoms with van der Waals surface area (Å²) in [4.78, 5) is 66.0. The summed E-state index contributed by atoms with van der Waals surface area (Å²) in [5.41, 5.74) is 6.22. The van der Waals surface area contributed by atoms with E-state index in [-0.39, 0.29) is 64.5 Å². The second-order valence-corrected chi connectivity index (χ2v) is 21.2. The third-order valence-electron chi connectivity index (χ3n) is 13.1. The minimum atomic E-state index is -3.15. The van der Waals surface area contributed by atoms with Crippen LogP contribution in [0.3, 0.4) is 0 Å². The van der Waals surface area contributed by atoms with Crippen LogP contribution in [-0.2, 0) is 37.0 Å². The summed E-state index contributed by atoms with van der Waals surface area (Å²) < 4.78 is 16.1. The number of benzene rings is 4. The summed E-state index contributed by atoms with van der Waals surface area (Å²) in [7, 11) is 1.80. The highest BCUT2D eigenvalue weighted by molar-refractivity contribution is 8.07. The maximum Gasteiger partial charge on any atom is 0.324 e. The standard InChI is InChI=1S/C55H66N5O10PS/c1-3-68-71(67,72)69-35-19-11-9-17-33-56-49(63)31-32-50(64)60-37-40-20-13-14-21-41(40)51-44(57-58-52(51)42-22-15-16-24-45(42)60)23-12-8-6-4-5-7-10-18-34-59(2)55(66)39-27-25-38(26-28-39)48-36-47(62)43-29-30-46(61)53(65)54(43)70-48/h13-16,20-22,24-30,36,44,61,65H,3-12,17-19,23,31-35,37H2,1-2H3,(H,56,63)(H,67,72). The van der Waals surface area contributed by atoms with E-state index in [1.165, 1.54) is 18.2 Å². The highest BCUT2D eigenvalue weighted by Gasteiger charge is 2.33. The highest BCUT2D eigenvalue weighted by atomic mass is 32.5. The predicted octanol–water partition coefficient (Wildman–Crippen LogP) is 11.4. The van der Waals surface area contributed by atoms with Crippen molar-refractivity contribution in [2.45, 2.75) is 116 Å². The minimum Gasteiger partial charge on any atom is -0.504 e. The normalized spacial score (nSPS) is 14.8. The molecule has 4 aromatic carbocycles. The van der Waals surface area contributed by atoms with Gasteiger partial charge in [-0.25, -0.2) is 0 Å². The molecule has 3 heterocycles. The number of nitrogens with one attached hydrogen (secondary N) is 1. The van der Waals surface area contributed by atoms with E-state index < -0.39 is 12.5 Å². The van der Waals surface area contributed by atoms with Crippen molar-refractivity contribution in [1.82, 2.24) is 10.2 Å². The summed E-state index contributed by atoms with van der Waals surface area (Å²) in [6, 6.07) is 26.7. The van der Waals surface area contributed by atoms with Gasteiger partial charge in [0.1, 0.15) is 11.5 Å². The number of aromatic hydroxyl groups is 2. The van der Waals surface area contributed by atoms with Crippen LogP contribution in [0.15, 0.2) is 110 Å². The van der Waals surface area contributed by atoms with Gasteiger partial charge in [-0.15, -0.1) is 0 Å². The fourth-order valence-electron chi connectivity index (χ4n) is 9.23. The maximum atomic E-state index is 14.0. The molecular weight excluding hydrogens is 954 g/mol. The van der Waals surface area contributed by atoms with Crippen molar-refractivity contribution in [3.63, 3.8) is 0 Å². The molecule has 0 saturated heterocycles. The SMILES string of the molecule is CCOP(O)(=S)OCCCCCCNC(=O)CCC(=O)N1Cc2ccccc2C2=C(N=NC2CCCCCCCCCCN(C)C(=O)c2ccc(-c3cc(=O)c4ccc(O)c(O)c4o3)cc2)c2ccccc21. The van der Waals surface area contributed by atoms with Crippen molar-refractivity contribution in [3.05, 3.63) is 123 Å². The molecule has 1 aromatic heterocycles. The van der Waals surface area contributed by atoms with E-state index in [2.05, 4.69) is 17.4 Å². The molecule has 0 radical (unpaired) electrons. The van der Waals surface area contributed by atoms with Crippen LogP contribution in [0.4, 0.5) is 5.69 Å². The summed E-state index contributed by atoms with van der Waals surface area (Å²) in [5, 5.41) is 32.8. The molecule has 2 unspecified atom stereocenters. The van der Waals surface area contributed by atoms with E-state index in [9.17, 15) is 34.3 Å². The number of unbranched alkanes of at least 4 members (excludes halogenated alkanes) is 10. The van der Waals surface area contributed by atoms with Gasteiger partial charge in [-0.05, 0) is 85.9 Å². The maximum absolute atomic E-state index is 14.0. The number of phenolic OH excluding ortho intramolecular Hbond substituents is 2. The third-order valence-corrected chi connectivity index (χ3v) is 14.8. The zero-order chi connectivity index (χ0) is 51.0. The van der Waals surface area contributed by atoms with E-state index in [1.807, 2.05) is 36.4 Å². The molecule has 15 nitrogen and oxygen atoms in total. The second kappa shape index (κ2) is 26.1. The van der Waals surface area contributed by atoms with Crippen molar-refractivity contribution >= 4 is 64.2 Å². The molecule has 0 aliphatic carbocycles. The number of azo groups is 1. The van der Waals surface area contributed by atoms with Crippen molar-refractivity contribution in [3.8, 4) is 22.8 Å². The molecule has 2 atom stereocenters. The van der Waals surface area contributed by atoms with Gasteiger partial charge in [-0.2, -0.15) is 10.2 Å². The molecule has 17 heteroatoms. The summed E-state index contributed by atoms with van der Waals surface area (Å²) >= 11 is 4.93. The molecular formula is C55H66N5O10PS. The molecule has 72 heavy (non-hydrogen) atoms. The Hall–Kier alpha value is -6.03. The Kier molecular flexibility index (Phi) is 19.5. The number of para-hydroxylation sites is 1. The number of fused-ring (bicyclic) bond motifs is 5. The van der Waals surface area contributed by atoms with E-state index in [0.29, 0.717) is 44.0 Å². The zero-order valence-electron chi connectivity index (χ0n) is 41.2. The lowest BCUT2D eigenvalue weighted by Gasteiger charge is -2.29. The van der Waals surface area contributed by atoms with Gasteiger partial charge in [0.05, 0.1) is 36.9 Å². The van der Waals surface area contributed by atoms with Gasteiger partial charge in [-0.1, -0.05) is 112 Å². The molecule has 0 spiro atoms. The van der Waals surface area contributed by atoms with Gasteiger partial charge in [-0.3, -0.25) is 19.2 Å². The number of carbonyl (C=O) groups excluding carboxylic acids is 3. The second-order valence-electron chi connectivity index (χ2n) is 18.3. The zero-order valence-corrected chi connectivity index (χ0v) is 42.9. The number of hydrogen-bond acceptors (Lipinski definition) is 12. The van der Waals surface area contributed by atoms with Crippen LogP contribution < -0.4 is 15.6 Å². The quantitative estimate of drug-likeness (QED) is 0.0233. The Balaban J connectivity index is 0.816. The van der Waals surface area contributed by atoms with E-state index in [4.69, 9.17) is 35.5 Å². The smallest absolute Gasteiger partial charge is 0.324 e. The number of hydrogen-bond donors (Lipinski definition) is 4. The first-order valence-electron chi connectivity index (χ1n) is 25.2. The lowest BCUT2D eigenvalue weighted by molar-refractivity contribution is -0.125. The van der Waals surface area contributed by atoms with Crippen LogP contribution in [0.1, 0.15) is 130 Å². The molecule has 7 rings (SSSR count). The summed E-state index contributed by atoms with van der Waals surface area (Å²) in [5.74, 6) is -1.05. The van der Waals surface area contributed by atoms with Crippen molar-refractivity contribution in [1.29, 1.82) is 0 Å². The van der Waals surface area contributed by atoms with Crippen LogP contribution in [0.25, 0.3) is 33.6 Å².